The maximum atomic E-state index is 12.0. The van der Waals surface area contributed by atoms with Crippen molar-refractivity contribution in [3.63, 3.8) is 0 Å². The monoisotopic (exact) mass is 251 g/mol. The molecule has 1 unspecified atom stereocenters. The van der Waals surface area contributed by atoms with Crippen LogP contribution in [0, 0.1) is 13.8 Å². The number of benzene rings is 1. The third-order valence-corrected chi connectivity index (χ3v) is 3.00. The van der Waals surface area contributed by atoms with E-state index in [1.54, 1.807) is 14.2 Å². The van der Waals surface area contributed by atoms with Gasteiger partial charge in [-0.25, -0.2) is 0 Å². The molecule has 0 aliphatic carbocycles. The molecule has 1 N–H and O–H groups in total. The summed E-state index contributed by atoms with van der Waals surface area (Å²) in [7, 11) is 3.10. The lowest BCUT2D eigenvalue weighted by atomic mass is 10.1. The minimum Gasteiger partial charge on any atom is -0.354 e. The van der Waals surface area contributed by atoms with Crippen LogP contribution in [0.1, 0.15) is 28.4 Å². The Bertz CT molecular complexity index is 414. The third kappa shape index (κ3) is 3.55. The molecular weight excluding hydrogens is 230 g/mol. The van der Waals surface area contributed by atoms with Crippen molar-refractivity contribution >= 4 is 5.91 Å². The van der Waals surface area contributed by atoms with Crippen molar-refractivity contribution < 1.29 is 14.3 Å². The second-order valence-electron chi connectivity index (χ2n) is 4.40. The zero-order chi connectivity index (χ0) is 13.7. The molecule has 4 heteroatoms. The number of ether oxygens (including phenoxy) is 2. The first kappa shape index (κ1) is 14.7. The number of methoxy groups -OCH3 is 2. The maximum Gasteiger partial charge on any atom is 0.251 e. The van der Waals surface area contributed by atoms with Crippen molar-refractivity contribution in [3.05, 3.63) is 34.9 Å². The van der Waals surface area contributed by atoms with Gasteiger partial charge in [0.15, 0.2) is 6.29 Å². The molecule has 1 aromatic rings. The van der Waals surface area contributed by atoms with E-state index in [9.17, 15) is 4.79 Å². The SMILES string of the molecule is COC(OC)C(C)NC(=O)c1ccc(C)c(C)c1. The molecule has 100 valence electrons. The highest BCUT2D eigenvalue weighted by Crippen LogP contribution is 2.10. The van der Waals surface area contributed by atoms with E-state index in [1.165, 1.54) is 5.56 Å². The summed E-state index contributed by atoms with van der Waals surface area (Å²) >= 11 is 0. The maximum absolute atomic E-state index is 12.0. The van der Waals surface area contributed by atoms with Crippen LogP contribution in [0.2, 0.25) is 0 Å². The molecule has 0 bridgehead atoms. The molecule has 0 aliphatic heterocycles. The third-order valence-electron chi connectivity index (χ3n) is 3.00. The lowest BCUT2D eigenvalue weighted by Gasteiger charge is -2.22. The number of aryl methyl sites for hydroxylation is 2. The lowest BCUT2D eigenvalue weighted by molar-refractivity contribution is -0.117. The Labute approximate surface area is 108 Å². The molecule has 1 amide bonds. The smallest absolute Gasteiger partial charge is 0.251 e. The minimum absolute atomic E-state index is 0.121. The van der Waals surface area contributed by atoms with Gasteiger partial charge in [-0.15, -0.1) is 0 Å². The van der Waals surface area contributed by atoms with E-state index in [2.05, 4.69) is 5.32 Å². The van der Waals surface area contributed by atoms with Crippen LogP contribution in [-0.2, 0) is 9.47 Å². The number of hydrogen-bond donors (Lipinski definition) is 1. The van der Waals surface area contributed by atoms with Gasteiger partial charge in [-0.1, -0.05) is 6.07 Å². The van der Waals surface area contributed by atoms with Gasteiger partial charge in [0.05, 0.1) is 6.04 Å². The van der Waals surface area contributed by atoms with Gasteiger partial charge in [-0.2, -0.15) is 0 Å². The Morgan fingerprint density at radius 2 is 1.78 bits per heavy atom. The fourth-order valence-corrected chi connectivity index (χ4v) is 1.75. The Kier molecular flexibility index (Phi) is 5.31. The fourth-order valence-electron chi connectivity index (χ4n) is 1.75. The first-order valence-electron chi connectivity index (χ1n) is 5.93. The van der Waals surface area contributed by atoms with Crippen LogP contribution >= 0.6 is 0 Å². The van der Waals surface area contributed by atoms with Crippen LogP contribution in [0.4, 0.5) is 0 Å². The molecule has 0 aromatic heterocycles. The quantitative estimate of drug-likeness (QED) is 0.815. The normalized spacial score (nSPS) is 12.6. The number of amides is 1. The van der Waals surface area contributed by atoms with E-state index in [0.717, 1.165) is 5.56 Å². The van der Waals surface area contributed by atoms with E-state index in [0.29, 0.717) is 5.56 Å². The first-order chi connectivity index (χ1) is 8.49. The summed E-state index contributed by atoms with van der Waals surface area (Å²) in [6.45, 7) is 5.85. The second kappa shape index (κ2) is 6.52. The van der Waals surface area contributed by atoms with Crippen molar-refractivity contribution in [2.45, 2.75) is 33.1 Å². The van der Waals surface area contributed by atoms with Gasteiger partial charge in [0.25, 0.3) is 5.91 Å². The van der Waals surface area contributed by atoms with Crippen LogP contribution < -0.4 is 5.32 Å². The van der Waals surface area contributed by atoms with Crippen molar-refractivity contribution in [2.24, 2.45) is 0 Å². The lowest BCUT2D eigenvalue weighted by Crippen LogP contribution is -2.42. The predicted octanol–water partition coefficient (Wildman–Crippen LogP) is 2.04. The molecule has 0 heterocycles. The molecule has 0 saturated carbocycles. The van der Waals surface area contributed by atoms with E-state index >= 15 is 0 Å². The van der Waals surface area contributed by atoms with Gasteiger partial charge in [0.1, 0.15) is 0 Å². The van der Waals surface area contributed by atoms with Crippen LogP contribution in [-0.4, -0.2) is 32.5 Å². The second-order valence-corrected chi connectivity index (χ2v) is 4.40. The number of carbonyl (C=O) groups is 1. The molecule has 1 aromatic carbocycles. The van der Waals surface area contributed by atoms with Gasteiger partial charge < -0.3 is 14.8 Å². The Morgan fingerprint density at radius 3 is 2.28 bits per heavy atom. The number of hydrogen-bond acceptors (Lipinski definition) is 3. The Hall–Kier alpha value is -1.39. The van der Waals surface area contributed by atoms with Crippen LogP contribution in [0.25, 0.3) is 0 Å². The van der Waals surface area contributed by atoms with Gasteiger partial charge in [-0.3, -0.25) is 4.79 Å². The van der Waals surface area contributed by atoms with E-state index in [4.69, 9.17) is 9.47 Å². The molecule has 0 saturated heterocycles. The van der Waals surface area contributed by atoms with Crippen molar-refractivity contribution in [2.75, 3.05) is 14.2 Å². The summed E-state index contributed by atoms with van der Waals surface area (Å²) in [6, 6.07) is 5.43. The highest BCUT2D eigenvalue weighted by molar-refractivity contribution is 5.94. The van der Waals surface area contributed by atoms with Crippen LogP contribution in [0.15, 0.2) is 18.2 Å². The molecule has 0 fully saturated rings. The van der Waals surface area contributed by atoms with Crippen molar-refractivity contribution in [1.29, 1.82) is 0 Å². The average Bonchev–Trinajstić information content (AvgIpc) is 2.34. The zero-order valence-corrected chi connectivity index (χ0v) is 11.6. The molecule has 1 rings (SSSR count). The molecule has 0 spiro atoms. The minimum atomic E-state index is -0.444. The molecule has 0 aliphatic rings. The van der Waals surface area contributed by atoms with E-state index in [1.807, 2.05) is 39.0 Å². The summed E-state index contributed by atoms with van der Waals surface area (Å²) in [4.78, 5) is 12.0. The van der Waals surface area contributed by atoms with E-state index < -0.39 is 6.29 Å². The van der Waals surface area contributed by atoms with Crippen LogP contribution in [0.5, 0.6) is 0 Å². The van der Waals surface area contributed by atoms with Crippen molar-refractivity contribution in [3.8, 4) is 0 Å². The summed E-state index contributed by atoms with van der Waals surface area (Å²) in [5.74, 6) is -0.121. The number of nitrogens with one attached hydrogen (secondary N) is 1. The molecule has 18 heavy (non-hydrogen) atoms. The van der Waals surface area contributed by atoms with Crippen LogP contribution in [0.3, 0.4) is 0 Å². The average molecular weight is 251 g/mol. The summed E-state index contributed by atoms with van der Waals surface area (Å²) in [5, 5.41) is 2.86. The molecule has 1 atom stereocenters. The predicted molar refractivity (Wildman–Crippen MR) is 70.7 cm³/mol. The number of rotatable bonds is 5. The molecular formula is C14H21NO3. The Morgan fingerprint density at radius 1 is 1.17 bits per heavy atom. The van der Waals surface area contributed by atoms with Gasteiger partial charge in [-0.05, 0) is 44.0 Å². The molecule has 0 radical (unpaired) electrons. The summed E-state index contributed by atoms with van der Waals surface area (Å²) in [6.07, 6.45) is -0.444. The first-order valence-corrected chi connectivity index (χ1v) is 5.93. The largest absolute Gasteiger partial charge is 0.354 e. The Balaban J connectivity index is 2.73. The summed E-state index contributed by atoms with van der Waals surface area (Å²) < 4.78 is 10.2. The fraction of sp³-hybridized carbons (Fsp3) is 0.500. The standard InChI is InChI=1S/C14H21NO3/c1-9-6-7-12(8-10(9)2)13(16)15-11(3)14(17-4)18-5/h6-8,11,14H,1-5H3,(H,15,16). The van der Waals surface area contributed by atoms with Gasteiger partial charge in [0, 0.05) is 19.8 Å². The van der Waals surface area contributed by atoms with Gasteiger partial charge >= 0.3 is 0 Å². The van der Waals surface area contributed by atoms with Crippen molar-refractivity contribution in [1.82, 2.24) is 5.32 Å². The molecule has 4 nitrogen and oxygen atoms in total. The van der Waals surface area contributed by atoms with E-state index in [-0.39, 0.29) is 11.9 Å². The zero-order valence-electron chi connectivity index (χ0n) is 11.6. The highest BCUT2D eigenvalue weighted by atomic mass is 16.7. The summed E-state index contributed by atoms with van der Waals surface area (Å²) in [5.41, 5.74) is 2.92. The topological polar surface area (TPSA) is 47.6 Å². The highest BCUT2D eigenvalue weighted by Gasteiger charge is 2.18. The number of carbonyl (C=O) groups excluding carboxylic acids is 1. The van der Waals surface area contributed by atoms with Gasteiger partial charge in [0.2, 0.25) is 0 Å².